The van der Waals surface area contributed by atoms with Gasteiger partial charge in [0.1, 0.15) is 5.82 Å². The zero-order chi connectivity index (χ0) is 20.7. The third-order valence-electron chi connectivity index (χ3n) is 6.83. The van der Waals surface area contributed by atoms with Gasteiger partial charge >= 0.3 is 0 Å². The Bertz CT molecular complexity index is 1180. The Hall–Kier alpha value is -3.55. The van der Waals surface area contributed by atoms with E-state index in [9.17, 15) is 0 Å². The van der Waals surface area contributed by atoms with E-state index in [0.717, 1.165) is 54.3 Å². The van der Waals surface area contributed by atoms with Gasteiger partial charge in [0.15, 0.2) is 5.82 Å². The predicted molar refractivity (Wildman–Crippen MR) is 120 cm³/mol. The van der Waals surface area contributed by atoms with Crippen LogP contribution in [0.25, 0.3) is 22.3 Å². The van der Waals surface area contributed by atoms with Gasteiger partial charge in [-0.3, -0.25) is 15.1 Å². The first-order valence-electron chi connectivity index (χ1n) is 10.8. The van der Waals surface area contributed by atoms with Gasteiger partial charge in [0.2, 0.25) is 0 Å². The minimum atomic E-state index is 0.381. The van der Waals surface area contributed by atoms with E-state index in [1.54, 1.807) is 12.4 Å². The molecule has 0 atom stereocenters. The number of anilines is 2. The van der Waals surface area contributed by atoms with Crippen LogP contribution in [-0.4, -0.2) is 56.3 Å². The van der Waals surface area contributed by atoms with Crippen molar-refractivity contribution in [3.8, 4) is 11.4 Å². The smallest absolute Gasteiger partial charge is 0.162 e. The number of aromatic nitrogens is 6. The second-order valence-corrected chi connectivity index (χ2v) is 8.61. The SMILES string of the molecule is c1cc(-c2nc(N3CCC4(CCN(c5cn[nH]c5)C4)CC3)c3ccncc3n2)ccn1. The molecule has 1 N–H and O–H groups in total. The first kappa shape index (κ1) is 18.2. The molecule has 0 unspecified atom stereocenters. The molecule has 8 nitrogen and oxygen atoms in total. The molecule has 0 amide bonds. The number of nitrogens with zero attached hydrogens (tertiary/aromatic N) is 7. The van der Waals surface area contributed by atoms with Crippen molar-refractivity contribution in [3.63, 3.8) is 0 Å². The second kappa shape index (κ2) is 7.30. The molecule has 0 aliphatic carbocycles. The van der Waals surface area contributed by atoms with Crippen molar-refractivity contribution in [2.24, 2.45) is 5.41 Å². The van der Waals surface area contributed by atoms with E-state index in [0.29, 0.717) is 5.41 Å². The van der Waals surface area contributed by atoms with Crippen LogP contribution in [0.3, 0.4) is 0 Å². The molecular formula is C23H24N8. The Morgan fingerprint density at radius 3 is 2.39 bits per heavy atom. The monoisotopic (exact) mass is 412 g/mol. The molecule has 6 rings (SSSR count). The van der Waals surface area contributed by atoms with E-state index < -0.39 is 0 Å². The summed E-state index contributed by atoms with van der Waals surface area (Å²) >= 11 is 0. The Kier molecular flexibility index (Phi) is 4.29. The number of piperidine rings is 1. The number of fused-ring (bicyclic) bond motifs is 1. The van der Waals surface area contributed by atoms with Crippen LogP contribution >= 0.6 is 0 Å². The molecule has 0 aromatic carbocycles. The number of aromatic amines is 1. The lowest BCUT2D eigenvalue weighted by Crippen LogP contribution is -2.42. The van der Waals surface area contributed by atoms with E-state index >= 15 is 0 Å². The van der Waals surface area contributed by atoms with Crippen LogP contribution in [0.5, 0.6) is 0 Å². The summed E-state index contributed by atoms with van der Waals surface area (Å²) in [7, 11) is 0. The van der Waals surface area contributed by atoms with Gasteiger partial charge < -0.3 is 9.80 Å². The molecule has 0 bridgehead atoms. The topological polar surface area (TPSA) is 86.7 Å². The van der Waals surface area contributed by atoms with Crippen LogP contribution in [0.1, 0.15) is 19.3 Å². The quantitative estimate of drug-likeness (QED) is 0.552. The van der Waals surface area contributed by atoms with Gasteiger partial charge in [-0.2, -0.15) is 5.10 Å². The number of hydrogen-bond donors (Lipinski definition) is 1. The maximum atomic E-state index is 5.00. The maximum Gasteiger partial charge on any atom is 0.162 e. The van der Waals surface area contributed by atoms with Gasteiger partial charge in [-0.25, -0.2) is 9.97 Å². The van der Waals surface area contributed by atoms with Gasteiger partial charge in [0.25, 0.3) is 0 Å². The van der Waals surface area contributed by atoms with Crippen LogP contribution < -0.4 is 9.80 Å². The number of pyridine rings is 2. The molecule has 0 radical (unpaired) electrons. The van der Waals surface area contributed by atoms with Gasteiger partial charge in [-0.05, 0) is 42.9 Å². The molecular weight excluding hydrogens is 388 g/mol. The van der Waals surface area contributed by atoms with Gasteiger partial charge in [0.05, 0.1) is 23.6 Å². The first-order chi connectivity index (χ1) is 15.3. The molecule has 0 saturated carbocycles. The standard InChI is InChI=1S/C23H24N8/c1-7-24-8-2-17(1)21-28-20-15-25-9-3-19(20)22(29-21)30-10-4-23(5-11-30)6-12-31(16-23)18-13-26-27-14-18/h1-3,7-9,13-15H,4-6,10-12,16H2,(H,26,27). The van der Waals surface area contributed by atoms with Crippen LogP contribution in [0, 0.1) is 5.41 Å². The predicted octanol–water partition coefficient (Wildman–Crippen LogP) is 3.31. The average molecular weight is 413 g/mol. The van der Waals surface area contributed by atoms with Crippen molar-refractivity contribution in [1.29, 1.82) is 0 Å². The van der Waals surface area contributed by atoms with E-state index in [1.165, 1.54) is 24.9 Å². The third kappa shape index (κ3) is 3.28. The number of nitrogens with one attached hydrogen (secondary N) is 1. The molecule has 2 aliphatic rings. The highest BCUT2D eigenvalue weighted by Crippen LogP contribution is 2.43. The van der Waals surface area contributed by atoms with Crippen molar-refractivity contribution >= 4 is 22.4 Å². The third-order valence-corrected chi connectivity index (χ3v) is 6.83. The van der Waals surface area contributed by atoms with E-state index in [4.69, 9.17) is 9.97 Å². The molecule has 1 spiro atoms. The summed E-state index contributed by atoms with van der Waals surface area (Å²) in [6.45, 7) is 4.22. The molecule has 4 aromatic rings. The fraction of sp³-hybridized carbons (Fsp3) is 0.348. The van der Waals surface area contributed by atoms with E-state index in [1.807, 2.05) is 43.0 Å². The van der Waals surface area contributed by atoms with Crippen LogP contribution in [0.4, 0.5) is 11.5 Å². The zero-order valence-electron chi connectivity index (χ0n) is 17.3. The lowest BCUT2D eigenvalue weighted by atomic mass is 9.77. The summed E-state index contributed by atoms with van der Waals surface area (Å²) in [5, 5.41) is 8.12. The van der Waals surface area contributed by atoms with Gasteiger partial charge in [-0.1, -0.05) is 0 Å². The molecule has 6 heterocycles. The largest absolute Gasteiger partial charge is 0.368 e. The van der Waals surface area contributed by atoms with Gasteiger partial charge in [-0.15, -0.1) is 0 Å². The molecule has 2 saturated heterocycles. The summed E-state index contributed by atoms with van der Waals surface area (Å²) in [5.74, 6) is 1.74. The highest BCUT2D eigenvalue weighted by atomic mass is 15.2. The number of H-pyrrole nitrogens is 1. The summed E-state index contributed by atoms with van der Waals surface area (Å²) in [5.41, 5.74) is 3.44. The molecule has 31 heavy (non-hydrogen) atoms. The average Bonchev–Trinajstić information content (AvgIpc) is 3.50. The summed E-state index contributed by atoms with van der Waals surface area (Å²) in [4.78, 5) is 23.1. The van der Waals surface area contributed by atoms with E-state index in [-0.39, 0.29) is 0 Å². The Labute approximate surface area is 180 Å². The maximum absolute atomic E-state index is 5.00. The molecule has 156 valence electrons. The fourth-order valence-electron chi connectivity index (χ4n) is 5.01. The molecule has 8 heteroatoms. The van der Waals surface area contributed by atoms with Gasteiger partial charge in [0, 0.05) is 61.9 Å². The van der Waals surface area contributed by atoms with Crippen LogP contribution in [0.15, 0.2) is 55.4 Å². The molecule has 2 fully saturated rings. The minimum Gasteiger partial charge on any atom is -0.368 e. The molecule has 4 aromatic heterocycles. The van der Waals surface area contributed by atoms with Crippen LogP contribution in [-0.2, 0) is 0 Å². The zero-order valence-corrected chi connectivity index (χ0v) is 17.3. The number of hydrogen-bond acceptors (Lipinski definition) is 7. The normalized spacial score (nSPS) is 18.2. The lowest BCUT2D eigenvalue weighted by Gasteiger charge is -2.40. The molecule has 2 aliphatic heterocycles. The highest BCUT2D eigenvalue weighted by molar-refractivity contribution is 5.90. The minimum absolute atomic E-state index is 0.381. The summed E-state index contributed by atoms with van der Waals surface area (Å²) in [6, 6.07) is 5.94. The van der Waals surface area contributed by atoms with Crippen molar-refractivity contribution in [2.75, 3.05) is 36.0 Å². The number of rotatable bonds is 3. The summed E-state index contributed by atoms with van der Waals surface area (Å²) in [6.07, 6.45) is 14.7. The van der Waals surface area contributed by atoms with Crippen LogP contribution in [0.2, 0.25) is 0 Å². The Morgan fingerprint density at radius 2 is 1.61 bits per heavy atom. The highest BCUT2D eigenvalue weighted by Gasteiger charge is 2.41. The lowest BCUT2D eigenvalue weighted by molar-refractivity contribution is 0.250. The first-order valence-corrected chi connectivity index (χ1v) is 10.8. The second-order valence-electron chi connectivity index (χ2n) is 8.61. The van der Waals surface area contributed by atoms with Crippen molar-refractivity contribution in [2.45, 2.75) is 19.3 Å². The fourth-order valence-corrected chi connectivity index (χ4v) is 5.01. The summed E-state index contributed by atoms with van der Waals surface area (Å²) < 4.78 is 0. The van der Waals surface area contributed by atoms with E-state index in [2.05, 4.69) is 30.0 Å². The van der Waals surface area contributed by atoms with Crippen molar-refractivity contribution in [1.82, 2.24) is 30.1 Å². The Morgan fingerprint density at radius 1 is 0.839 bits per heavy atom. The van der Waals surface area contributed by atoms with Crippen molar-refractivity contribution < 1.29 is 0 Å². The Balaban J connectivity index is 1.28. The van der Waals surface area contributed by atoms with Crippen molar-refractivity contribution in [3.05, 3.63) is 55.4 Å².